The molecule has 3 rings (SSSR count). The Bertz CT molecular complexity index is 796. The Morgan fingerprint density at radius 1 is 0.875 bits per heavy atom. The van der Waals surface area contributed by atoms with Crippen LogP contribution in [0.3, 0.4) is 0 Å². The number of halogens is 1. The van der Waals surface area contributed by atoms with Gasteiger partial charge in [-0.3, -0.25) is 9.59 Å². The maximum absolute atomic E-state index is 12.6. The number of nitrogens with one attached hydrogen (secondary N) is 2. The van der Waals surface area contributed by atoms with Crippen molar-refractivity contribution >= 4 is 34.8 Å². The number of amides is 2. The van der Waals surface area contributed by atoms with Crippen molar-refractivity contribution in [2.24, 2.45) is 5.41 Å². The molecule has 0 heterocycles. The van der Waals surface area contributed by atoms with Crippen molar-refractivity contribution in [2.75, 3.05) is 10.6 Å². The van der Waals surface area contributed by atoms with Gasteiger partial charge in [-0.2, -0.15) is 0 Å². The first-order chi connectivity index (χ1) is 11.4. The average Bonchev–Trinajstić information content (AvgIpc) is 3.35. The molecule has 2 aromatic carbocycles. The molecule has 0 aromatic heterocycles. The highest BCUT2D eigenvalue weighted by Crippen LogP contribution is 2.47. The second kappa shape index (κ2) is 6.29. The number of benzene rings is 2. The SMILES string of the molecule is Cc1ccc(NC(=O)C2(C(=O)Nc3ccc(Cl)cc3)CC2)cc1C. The number of anilines is 2. The number of carbonyl (C=O) groups is 2. The van der Waals surface area contributed by atoms with Crippen LogP contribution in [0.5, 0.6) is 0 Å². The fourth-order valence-electron chi connectivity index (χ4n) is 2.54. The molecule has 0 saturated heterocycles. The third-order valence-electron chi connectivity index (χ3n) is 4.49. The van der Waals surface area contributed by atoms with E-state index in [-0.39, 0.29) is 11.8 Å². The van der Waals surface area contributed by atoms with Gasteiger partial charge in [-0.1, -0.05) is 17.7 Å². The van der Waals surface area contributed by atoms with Crippen LogP contribution in [0.1, 0.15) is 24.0 Å². The largest absolute Gasteiger partial charge is 0.325 e. The van der Waals surface area contributed by atoms with E-state index in [1.54, 1.807) is 24.3 Å². The van der Waals surface area contributed by atoms with Gasteiger partial charge in [0.25, 0.3) is 0 Å². The molecule has 0 unspecified atom stereocenters. The third-order valence-corrected chi connectivity index (χ3v) is 4.74. The van der Waals surface area contributed by atoms with Crippen molar-refractivity contribution < 1.29 is 9.59 Å². The Hall–Kier alpha value is -2.33. The standard InChI is InChI=1S/C19H19ClN2O2/c1-12-3-6-16(11-13(12)2)22-18(24)19(9-10-19)17(23)21-15-7-4-14(20)5-8-15/h3-8,11H,9-10H2,1-2H3,(H,21,23)(H,22,24). The van der Waals surface area contributed by atoms with Crippen LogP contribution in [0.15, 0.2) is 42.5 Å². The van der Waals surface area contributed by atoms with E-state index in [0.717, 1.165) is 11.1 Å². The molecule has 0 spiro atoms. The molecular weight excluding hydrogens is 324 g/mol. The quantitative estimate of drug-likeness (QED) is 0.813. The molecular formula is C19H19ClN2O2. The average molecular weight is 343 g/mol. The molecule has 1 fully saturated rings. The summed E-state index contributed by atoms with van der Waals surface area (Å²) in [7, 11) is 0. The van der Waals surface area contributed by atoms with Gasteiger partial charge in [0.2, 0.25) is 11.8 Å². The van der Waals surface area contributed by atoms with Gasteiger partial charge < -0.3 is 10.6 Å². The number of hydrogen-bond donors (Lipinski definition) is 2. The van der Waals surface area contributed by atoms with Crippen molar-refractivity contribution in [1.82, 2.24) is 0 Å². The van der Waals surface area contributed by atoms with Gasteiger partial charge in [0.05, 0.1) is 0 Å². The first kappa shape index (κ1) is 16.5. The Morgan fingerprint density at radius 2 is 1.42 bits per heavy atom. The summed E-state index contributed by atoms with van der Waals surface area (Å²) in [5.74, 6) is -0.525. The zero-order valence-corrected chi connectivity index (χ0v) is 14.4. The highest BCUT2D eigenvalue weighted by molar-refractivity contribution is 6.30. The predicted molar refractivity (Wildman–Crippen MR) is 96.3 cm³/mol. The third kappa shape index (κ3) is 3.29. The molecule has 0 atom stereocenters. The molecule has 0 aliphatic heterocycles. The fraction of sp³-hybridized carbons (Fsp3) is 0.263. The van der Waals surface area contributed by atoms with Crippen LogP contribution in [0.25, 0.3) is 0 Å². The summed E-state index contributed by atoms with van der Waals surface area (Å²) >= 11 is 5.84. The normalized spacial score (nSPS) is 14.8. The van der Waals surface area contributed by atoms with E-state index < -0.39 is 5.41 Å². The zero-order chi connectivity index (χ0) is 17.3. The highest BCUT2D eigenvalue weighted by atomic mass is 35.5. The summed E-state index contributed by atoms with van der Waals surface area (Å²) in [6.45, 7) is 4.01. The summed E-state index contributed by atoms with van der Waals surface area (Å²) < 4.78 is 0. The van der Waals surface area contributed by atoms with Crippen molar-refractivity contribution in [1.29, 1.82) is 0 Å². The van der Waals surface area contributed by atoms with Crippen LogP contribution in [-0.2, 0) is 9.59 Å². The van der Waals surface area contributed by atoms with Crippen molar-refractivity contribution in [3.05, 3.63) is 58.6 Å². The minimum absolute atomic E-state index is 0.253. The smallest absolute Gasteiger partial charge is 0.240 e. The van der Waals surface area contributed by atoms with Gasteiger partial charge in [-0.25, -0.2) is 0 Å². The minimum Gasteiger partial charge on any atom is -0.325 e. The van der Waals surface area contributed by atoms with E-state index >= 15 is 0 Å². The number of hydrogen-bond acceptors (Lipinski definition) is 2. The van der Waals surface area contributed by atoms with E-state index in [1.807, 2.05) is 32.0 Å². The monoisotopic (exact) mass is 342 g/mol. The van der Waals surface area contributed by atoms with Crippen LogP contribution in [0.4, 0.5) is 11.4 Å². The molecule has 1 aliphatic carbocycles. The van der Waals surface area contributed by atoms with Gasteiger partial charge in [-0.15, -0.1) is 0 Å². The molecule has 2 N–H and O–H groups in total. The molecule has 4 nitrogen and oxygen atoms in total. The van der Waals surface area contributed by atoms with E-state index in [4.69, 9.17) is 11.6 Å². The lowest BCUT2D eigenvalue weighted by Gasteiger charge is -2.16. The number of rotatable bonds is 4. The summed E-state index contributed by atoms with van der Waals surface area (Å²) in [6, 6.07) is 12.6. The first-order valence-corrected chi connectivity index (χ1v) is 8.24. The van der Waals surface area contributed by atoms with Gasteiger partial charge in [0.1, 0.15) is 5.41 Å². The fourth-order valence-corrected chi connectivity index (χ4v) is 2.66. The first-order valence-electron chi connectivity index (χ1n) is 7.86. The van der Waals surface area contributed by atoms with Crippen LogP contribution in [0, 0.1) is 19.3 Å². The number of carbonyl (C=O) groups excluding carboxylic acids is 2. The number of aryl methyl sites for hydroxylation is 2. The highest BCUT2D eigenvalue weighted by Gasteiger charge is 2.56. The Balaban J connectivity index is 1.70. The summed E-state index contributed by atoms with van der Waals surface area (Å²) in [5, 5.41) is 6.27. The molecule has 2 aromatic rings. The van der Waals surface area contributed by atoms with E-state index in [2.05, 4.69) is 10.6 Å². The Labute approximate surface area is 146 Å². The lowest BCUT2D eigenvalue weighted by molar-refractivity contribution is -0.131. The minimum atomic E-state index is -0.974. The molecule has 1 aliphatic rings. The van der Waals surface area contributed by atoms with Crippen LogP contribution >= 0.6 is 11.6 Å². The maximum atomic E-state index is 12.6. The van der Waals surface area contributed by atoms with Crippen LogP contribution in [-0.4, -0.2) is 11.8 Å². The maximum Gasteiger partial charge on any atom is 0.240 e. The topological polar surface area (TPSA) is 58.2 Å². The van der Waals surface area contributed by atoms with Gasteiger partial charge >= 0.3 is 0 Å². The lowest BCUT2D eigenvalue weighted by Crippen LogP contribution is -2.35. The molecule has 1 saturated carbocycles. The second-order valence-electron chi connectivity index (χ2n) is 6.30. The summed E-state index contributed by atoms with van der Waals surface area (Å²) in [5.41, 5.74) is 2.64. The lowest BCUT2D eigenvalue weighted by atomic mass is 10.0. The van der Waals surface area contributed by atoms with Crippen molar-refractivity contribution in [3.8, 4) is 0 Å². The Kier molecular flexibility index (Phi) is 4.33. The predicted octanol–water partition coefficient (Wildman–Crippen LogP) is 4.31. The van der Waals surface area contributed by atoms with E-state index in [0.29, 0.717) is 29.2 Å². The Morgan fingerprint density at radius 3 is 1.96 bits per heavy atom. The van der Waals surface area contributed by atoms with Gasteiger partial charge in [0, 0.05) is 16.4 Å². The van der Waals surface area contributed by atoms with E-state index in [1.165, 1.54) is 0 Å². The molecule has 5 heteroatoms. The molecule has 0 radical (unpaired) electrons. The van der Waals surface area contributed by atoms with Crippen LogP contribution in [0.2, 0.25) is 5.02 Å². The zero-order valence-electron chi connectivity index (χ0n) is 13.7. The molecule has 2 amide bonds. The molecule has 0 bridgehead atoms. The summed E-state index contributed by atoms with van der Waals surface area (Å²) in [6.07, 6.45) is 1.12. The van der Waals surface area contributed by atoms with E-state index in [9.17, 15) is 9.59 Å². The van der Waals surface area contributed by atoms with Crippen LogP contribution < -0.4 is 10.6 Å². The van der Waals surface area contributed by atoms with Crippen molar-refractivity contribution in [3.63, 3.8) is 0 Å². The van der Waals surface area contributed by atoms with Crippen molar-refractivity contribution in [2.45, 2.75) is 26.7 Å². The molecule has 124 valence electrons. The van der Waals surface area contributed by atoms with Gasteiger partial charge in [-0.05, 0) is 74.2 Å². The molecule has 24 heavy (non-hydrogen) atoms. The second-order valence-corrected chi connectivity index (χ2v) is 6.73. The summed E-state index contributed by atoms with van der Waals surface area (Å²) in [4.78, 5) is 25.1. The van der Waals surface area contributed by atoms with Gasteiger partial charge in [0.15, 0.2) is 0 Å².